The molecule has 0 unspecified atom stereocenters. The first kappa shape index (κ1) is 14.7. The molecule has 5 heteroatoms. The minimum Gasteiger partial charge on any atom is -0.351 e. The van der Waals surface area contributed by atoms with Crippen LogP contribution in [0.4, 0.5) is 0 Å². The number of aromatic nitrogens is 1. The number of nitrogens with one attached hydrogen (secondary N) is 2. The smallest absolute Gasteiger partial charge is 0.234 e. The number of carbonyl (C=O) groups excluding carboxylic acids is 1. The van der Waals surface area contributed by atoms with E-state index in [1.54, 1.807) is 0 Å². The van der Waals surface area contributed by atoms with Gasteiger partial charge in [0.2, 0.25) is 5.91 Å². The first-order valence-corrected chi connectivity index (χ1v) is 7.16. The molecule has 1 heterocycles. The minimum absolute atomic E-state index is 0.0242. The fourth-order valence-corrected chi connectivity index (χ4v) is 2.09. The second-order valence-electron chi connectivity index (χ2n) is 4.32. The van der Waals surface area contributed by atoms with Crippen LogP contribution in [0.3, 0.4) is 0 Å². The molecule has 1 aromatic heterocycles. The van der Waals surface area contributed by atoms with Gasteiger partial charge in [-0.15, -0.1) is 0 Å². The number of pyridine rings is 1. The maximum absolute atomic E-state index is 11.7. The van der Waals surface area contributed by atoms with Crippen LogP contribution in [0.2, 0.25) is 0 Å². The van der Waals surface area contributed by atoms with Gasteiger partial charge in [0.15, 0.2) is 0 Å². The van der Waals surface area contributed by atoms with Crippen molar-refractivity contribution in [1.29, 1.82) is 0 Å². The van der Waals surface area contributed by atoms with Gasteiger partial charge in [-0.05, 0) is 33.6 Å². The summed E-state index contributed by atoms with van der Waals surface area (Å²) in [6.07, 6.45) is 0. The van der Waals surface area contributed by atoms with Gasteiger partial charge in [-0.1, -0.05) is 36.4 Å². The predicted octanol–water partition coefficient (Wildman–Crippen LogP) is 2.25. The van der Waals surface area contributed by atoms with Gasteiger partial charge in [0.1, 0.15) is 4.60 Å². The van der Waals surface area contributed by atoms with Crippen molar-refractivity contribution in [3.05, 3.63) is 64.4 Å². The van der Waals surface area contributed by atoms with E-state index in [1.807, 2.05) is 48.5 Å². The molecule has 104 valence electrons. The van der Waals surface area contributed by atoms with Crippen molar-refractivity contribution in [2.24, 2.45) is 0 Å². The highest BCUT2D eigenvalue weighted by Gasteiger charge is 2.01. The number of hydrogen-bond donors (Lipinski definition) is 2. The van der Waals surface area contributed by atoms with Gasteiger partial charge in [0.25, 0.3) is 0 Å². The quantitative estimate of drug-likeness (QED) is 0.797. The van der Waals surface area contributed by atoms with Crippen LogP contribution in [0.25, 0.3) is 0 Å². The van der Waals surface area contributed by atoms with Gasteiger partial charge in [0, 0.05) is 13.1 Å². The Morgan fingerprint density at radius 2 is 1.85 bits per heavy atom. The zero-order chi connectivity index (χ0) is 14.2. The third-order valence-corrected chi connectivity index (χ3v) is 3.14. The third kappa shape index (κ3) is 5.11. The standard InChI is InChI=1S/C15H16BrN3O/c16-14-8-4-7-13(19-14)10-17-11-15(20)18-9-12-5-2-1-3-6-12/h1-8,17H,9-11H2,(H,18,20). The summed E-state index contributed by atoms with van der Waals surface area (Å²) in [6, 6.07) is 15.5. The molecule has 0 saturated heterocycles. The van der Waals surface area contributed by atoms with E-state index in [1.165, 1.54) is 0 Å². The lowest BCUT2D eigenvalue weighted by atomic mass is 10.2. The maximum atomic E-state index is 11.7. The Labute approximate surface area is 126 Å². The molecule has 0 aliphatic carbocycles. The number of benzene rings is 1. The zero-order valence-corrected chi connectivity index (χ0v) is 12.6. The Bertz CT molecular complexity index is 560. The summed E-state index contributed by atoms with van der Waals surface area (Å²) in [5.74, 6) is -0.0242. The van der Waals surface area contributed by atoms with Crippen LogP contribution < -0.4 is 10.6 Å². The molecule has 4 nitrogen and oxygen atoms in total. The Kier molecular flexibility index (Phi) is 5.70. The van der Waals surface area contributed by atoms with Crippen molar-refractivity contribution in [2.45, 2.75) is 13.1 Å². The Hall–Kier alpha value is -1.72. The predicted molar refractivity (Wildman–Crippen MR) is 81.9 cm³/mol. The number of halogens is 1. The van der Waals surface area contributed by atoms with Crippen LogP contribution in [0.1, 0.15) is 11.3 Å². The number of nitrogens with zero attached hydrogens (tertiary/aromatic N) is 1. The molecule has 0 aliphatic heterocycles. The van der Waals surface area contributed by atoms with E-state index in [-0.39, 0.29) is 12.5 Å². The summed E-state index contributed by atoms with van der Waals surface area (Å²) in [7, 11) is 0. The molecule has 0 saturated carbocycles. The molecule has 0 radical (unpaired) electrons. The molecule has 0 aliphatic rings. The lowest BCUT2D eigenvalue weighted by Gasteiger charge is -2.07. The van der Waals surface area contributed by atoms with Crippen LogP contribution in [0.15, 0.2) is 53.1 Å². The molecule has 0 bridgehead atoms. The van der Waals surface area contributed by atoms with Gasteiger partial charge in [0.05, 0.1) is 12.2 Å². The monoisotopic (exact) mass is 333 g/mol. The summed E-state index contributed by atoms with van der Waals surface area (Å²) < 4.78 is 0.797. The molecule has 0 atom stereocenters. The van der Waals surface area contributed by atoms with Crippen LogP contribution in [-0.4, -0.2) is 17.4 Å². The molecular weight excluding hydrogens is 318 g/mol. The van der Waals surface area contributed by atoms with Gasteiger partial charge in [-0.2, -0.15) is 0 Å². The van der Waals surface area contributed by atoms with Gasteiger partial charge in [-0.3, -0.25) is 4.79 Å². The molecule has 1 amide bonds. The fraction of sp³-hybridized carbons (Fsp3) is 0.200. The van der Waals surface area contributed by atoms with E-state index in [2.05, 4.69) is 31.5 Å². The van der Waals surface area contributed by atoms with Crippen molar-refractivity contribution >= 4 is 21.8 Å². The SMILES string of the molecule is O=C(CNCc1cccc(Br)n1)NCc1ccccc1. The maximum Gasteiger partial charge on any atom is 0.234 e. The molecule has 2 aromatic rings. The third-order valence-electron chi connectivity index (χ3n) is 2.70. The number of rotatable bonds is 6. The summed E-state index contributed by atoms with van der Waals surface area (Å²) in [5, 5.41) is 5.94. The van der Waals surface area contributed by atoms with E-state index in [0.29, 0.717) is 13.1 Å². The van der Waals surface area contributed by atoms with Gasteiger partial charge >= 0.3 is 0 Å². The molecule has 2 N–H and O–H groups in total. The highest BCUT2D eigenvalue weighted by atomic mass is 79.9. The second kappa shape index (κ2) is 7.77. The van der Waals surface area contributed by atoms with E-state index < -0.39 is 0 Å². The molecule has 20 heavy (non-hydrogen) atoms. The van der Waals surface area contributed by atoms with E-state index in [4.69, 9.17) is 0 Å². The van der Waals surface area contributed by atoms with Crippen LogP contribution in [0, 0.1) is 0 Å². The first-order chi connectivity index (χ1) is 9.74. The second-order valence-corrected chi connectivity index (χ2v) is 5.13. The summed E-state index contributed by atoms with van der Waals surface area (Å²) in [6.45, 7) is 1.40. The number of carbonyl (C=O) groups is 1. The van der Waals surface area contributed by atoms with Crippen molar-refractivity contribution in [3.8, 4) is 0 Å². The average molecular weight is 334 g/mol. The molecule has 2 rings (SSSR count). The summed E-state index contributed by atoms with van der Waals surface area (Å²) in [5.41, 5.74) is 1.99. The lowest BCUT2D eigenvalue weighted by molar-refractivity contribution is -0.120. The molecule has 0 spiro atoms. The minimum atomic E-state index is -0.0242. The van der Waals surface area contributed by atoms with Gasteiger partial charge < -0.3 is 10.6 Å². The van der Waals surface area contributed by atoms with Crippen molar-refractivity contribution in [2.75, 3.05) is 6.54 Å². The zero-order valence-electron chi connectivity index (χ0n) is 11.0. The van der Waals surface area contributed by atoms with Crippen molar-refractivity contribution in [3.63, 3.8) is 0 Å². The largest absolute Gasteiger partial charge is 0.351 e. The number of amides is 1. The van der Waals surface area contributed by atoms with Crippen LogP contribution in [-0.2, 0) is 17.9 Å². The van der Waals surface area contributed by atoms with Crippen LogP contribution >= 0.6 is 15.9 Å². The fourth-order valence-electron chi connectivity index (χ4n) is 1.71. The Morgan fingerprint density at radius 3 is 2.60 bits per heavy atom. The summed E-state index contributed by atoms with van der Waals surface area (Å²) in [4.78, 5) is 16.0. The number of hydrogen-bond acceptors (Lipinski definition) is 3. The van der Waals surface area contributed by atoms with E-state index in [9.17, 15) is 4.79 Å². The highest BCUT2D eigenvalue weighted by Crippen LogP contribution is 2.05. The highest BCUT2D eigenvalue weighted by molar-refractivity contribution is 9.10. The molecule has 0 fully saturated rings. The first-order valence-electron chi connectivity index (χ1n) is 6.37. The van der Waals surface area contributed by atoms with Crippen molar-refractivity contribution < 1.29 is 4.79 Å². The molecule has 1 aromatic carbocycles. The Balaban J connectivity index is 1.68. The topological polar surface area (TPSA) is 54.0 Å². The van der Waals surface area contributed by atoms with Gasteiger partial charge in [-0.25, -0.2) is 4.98 Å². The van der Waals surface area contributed by atoms with Crippen molar-refractivity contribution in [1.82, 2.24) is 15.6 Å². The molecular formula is C15H16BrN3O. The lowest BCUT2D eigenvalue weighted by Crippen LogP contribution is -2.33. The van der Waals surface area contributed by atoms with E-state index >= 15 is 0 Å². The van der Waals surface area contributed by atoms with E-state index in [0.717, 1.165) is 15.9 Å². The Morgan fingerprint density at radius 1 is 1.05 bits per heavy atom. The average Bonchev–Trinajstić information content (AvgIpc) is 2.46. The normalized spacial score (nSPS) is 10.2. The summed E-state index contributed by atoms with van der Waals surface area (Å²) >= 11 is 3.32. The van der Waals surface area contributed by atoms with Crippen LogP contribution in [0.5, 0.6) is 0 Å².